The van der Waals surface area contributed by atoms with Crippen LogP contribution in [-0.4, -0.2) is 102 Å². The number of hydrogen-bond acceptors (Lipinski definition) is 7. The van der Waals surface area contributed by atoms with E-state index in [4.69, 9.17) is 23.9 Å². The zero-order valence-corrected chi connectivity index (χ0v) is 27.4. The normalized spacial score (nSPS) is 13.7. The Labute approximate surface area is 249 Å². The fourth-order valence-electron chi connectivity index (χ4n) is 4.97. The van der Waals surface area contributed by atoms with Crippen LogP contribution in [0.4, 0.5) is 0 Å². The van der Waals surface area contributed by atoms with Crippen molar-refractivity contribution >= 4 is 10.9 Å². The zero-order chi connectivity index (χ0) is 29.8. The lowest BCUT2D eigenvalue weighted by molar-refractivity contribution is -0.890. The number of aliphatic hydroxyl groups excluding tert-OH is 2. The maximum absolute atomic E-state index is 10.3. The predicted molar refractivity (Wildman–Crippen MR) is 169 cm³/mol. The molecule has 0 fully saturated rings. The van der Waals surface area contributed by atoms with Crippen LogP contribution in [0.25, 0.3) is 0 Å². The average Bonchev–Trinajstić information content (AvgIpc) is 2.91. The molecule has 0 spiro atoms. The molecule has 0 radical (unpaired) electrons. The molecule has 0 rings (SSSR count). The quantitative estimate of drug-likeness (QED) is 0.0480. The highest BCUT2D eigenvalue weighted by molar-refractivity contribution is 8.20. The molecule has 1 atom stereocenters. The summed E-state index contributed by atoms with van der Waals surface area (Å²) in [6, 6.07) is 0. The first kappa shape index (κ1) is 40.0. The summed E-state index contributed by atoms with van der Waals surface area (Å²) in [4.78, 5) is 0. The molecule has 0 aliphatic heterocycles. The molecule has 8 nitrogen and oxygen atoms in total. The van der Waals surface area contributed by atoms with Crippen LogP contribution in [0.2, 0.25) is 0 Å². The number of nitrogens with zero attached hydrogens (tertiary/aromatic N) is 1. The summed E-state index contributed by atoms with van der Waals surface area (Å²) < 4.78 is 37.7. The first-order valence-electron chi connectivity index (χ1n) is 16.4. The maximum atomic E-state index is 10.3. The summed E-state index contributed by atoms with van der Waals surface area (Å²) >= 11 is 0. The smallest absolute Gasteiger partial charge is 0.0838 e. The van der Waals surface area contributed by atoms with Gasteiger partial charge in [0.1, 0.15) is 0 Å². The van der Waals surface area contributed by atoms with Crippen LogP contribution in [0.5, 0.6) is 0 Å². The molecule has 244 valence electrons. The summed E-state index contributed by atoms with van der Waals surface area (Å²) in [5.41, 5.74) is 0. The summed E-state index contributed by atoms with van der Waals surface area (Å²) in [6.07, 6.45) is 22.8. The summed E-state index contributed by atoms with van der Waals surface area (Å²) in [5.74, 6) is 0.233. The van der Waals surface area contributed by atoms with Gasteiger partial charge < -0.3 is 33.3 Å². The first-order chi connectivity index (χ1) is 19.3. The van der Waals surface area contributed by atoms with Crippen molar-refractivity contribution in [3.05, 3.63) is 0 Å². The van der Waals surface area contributed by atoms with E-state index in [-0.39, 0.29) is 51.5 Å². The molecule has 4 N–H and O–H groups in total. The minimum Gasteiger partial charge on any atom is -0.394 e. The van der Waals surface area contributed by atoms with E-state index in [1.54, 1.807) is 0 Å². The molecule has 0 aromatic carbocycles. The largest absolute Gasteiger partial charge is 0.394 e. The monoisotopic (exact) mass is 598 g/mol. The fraction of sp³-hybridized carbons (Fsp3) is 1.00. The molecule has 0 bridgehead atoms. The van der Waals surface area contributed by atoms with Crippen LogP contribution in [0, 0.1) is 0 Å². The Kier molecular flexibility index (Phi) is 27.9. The molecule has 0 amide bonds. The van der Waals surface area contributed by atoms with Crippen molar-refractivity contribution in [2.75, 3.05) is 72.6 Å². The standard InChI is InChI=1S/C31H67NO7S/c1-4-5-6-7-8-9-10-11-12-13-14-15-16-17-18-19-22-32(2,3)23-20-29-40(35,36)39-26-21-31(38-28-25-34)30-37-27-24-33/h31,33-34H,4-30H2,1-3H3,(H-,35,36)/p+1. The molecule has 0 aromatic heterocycles. The molecule has 40 heavy (non-hydrogen) atoms. The topological polar surface area (TPSA) is 109 Å². The first-order valence-corrected chi connectivity index (χ1v) is 18.0. The van der Waals surface area contributed by atoms with Crippen molar-refractivity contribution in [3.63, 3.8) is 0 Å². The van der Waals surface area contributed by atoms with Gasteiger partial charge in [0, 0.05) is 12.8 Å². The Bertz CT molecular complexity index is 526. The highest BCUT2D eigenvalue weighted by Crippen LogP contribution is 2.40. The van der Waals surface area contributed by atoms with Gasteiger partial charge in [-0.15, -0.1) is 0 Å². The minimum absolute atomic E-state index is 0.0713. The molecular formula is C31H68NO7S+. The number of ether oxygens (including phenoxy) is 2. The van der Waals surface area contributed by atoms with Gasteiger partial charge in [-0.3, -0.25) is 4.18 Å². The molecular weight excluding hydrogens is 530 g/mol. The third-order valence-electron chi connectivity index (χ3n) is 7.49. The molecule has 0 saturated carbocycles. The van der Waals surface area contributed by atoms with E-state index < -0.39 is 10.9 Å². The lowest BCUT2D eigenvalue weighted by atomic mass is 10.0. The fourth-order valence-corrected chi connectivity index (χ4v) is 5.95. The third-order valence-corrected chi connectivity index (χ3v) is 8.85. The molecule has 9 heteroatoms. The Balaban J connectivity index is 3.75. The maximum Gasteiger partial charge on any atom is 0.0838 e. The van der Waals surface area contributed by atoms with Gasteiger partial charge in [0.15, 0.2) is 0 Å². The van der Waals surface area contributed by atoms with E-state index in [1.807, 2.05) is 0 Å². The molecule has 0 saturated heterocycles. The van der Waals surface area contributed by atoms with Gasteiger partial charge in [-0.1, -0.05) is 96.8 Å². The number of aliphatic hydroxyl groups is 2. The van der Waals surface area contributed by atoms with E-state index in [0.29, 0.717) is 12.8 Å². The van der Waals surface area contributed by atoms with Crippen LogP contribution >= 0.6 is 10.9 Å². The van der Waals surface area contributed by atoms with Gasteiger partial charge in [0.2, 0.25) is 0 Å². The van der Waals surface area contributed by atoms with Gasteiger partial charge in [0.25, 0.3) is 0 Å². The third kappa shape index (κ3) is 28.2. The zero-order valence-electron chi connectivity index (χ0n) is 26.5. The highest BCUT2D eigenvalue weighted by atomic mass is 32.3. The molecule has 0 aliphatic rings. The Morgan fingerprint density at radius 3 is 1.60 bits per heavy atom. The van der Waals surface area contributed by atoms with E-state index >= 15 is 0 Å². The van der Waals surface area contributed by atoms with Crippen LogP contribution in [0.1, 0.15) is 122 Å². The van der Waals surface area contributed by atoms with Gasteiger partial charge in [-0.25, -0.2) is 0 Å². The molecule has 0 aromatic rings. The van der Waals surface area contributed by atoms with Crippen molar-refractivity contribution in [1.82, 2.24) is 0 Å². The molecule has 0 heterocycles. The number of unbranched alkanes of at least 4 members (excludes halogenated alkanes) is 15. The highest BCUT2D eigenvalue weighted by Gasteiger charge is 2.22. The van der Waals surface area contributed by atoms with E-state index in [0.717, 1.165) is 17.6 Å². The summed E-state index contributed by atoms with van der Waals surface area (Å²) in [7, 11) is 1.34. The summed E-state index contributed by atoms with van der Waals surface area (Å²) in [6.45, 7) is 4.88. The van der Waals surface area contributed by atoms with Gasteiger partial charge in [-0.2, -0.15) is 0 Å². The van der Waals surface area contributed by atoms with E-state index in [9.17, 15) is 9.11 Å². The average molecular weight is 599 g/mol. The number of hydrogen-bond donors (Lipinski definition) is 4. The Hall–Kier alpha value is 0.0300. The molecule has 1 unspecified atom stereocenters. The lowest BCUT2D eigenvalue weighted by Crippen LogP contribution is -2.41. The number of rotatable bonds is 32. The SMILES string of the molecule is CCCCCCCCCCCCCCCCCC[N+](C)(C)CCCS(O)(O)OCCC(COCCO)OCCO. The van der Waals surface area contributed by atoms with Crippen molar-refractivity contribution in [2.24, 2.45) is 0 Å². The van der Waals surface area contributed by atoms with Gasteiger partial charge in [0.05, 0.1) is 89.6 Å². The number of quaternary nitrogens is 1. The van der Waals surface area contributed by atoms with Crippen LogP contribution in [-0.2, 0) is 13.7 Å². The van der Waals surface area contributed by atoms with Crippen LogP contribution in [0.3, 0.4) is 0 Å². The predicted octanol–water partition coefficient (Wildman–Crippen LogP) is 7.17. The lowest BCUT2D eigenvalue weighted by Gasteiger charge is -2.32. The van der Waals surface area contributed by atoms with Gasteiger partial charge >= 0.3 is 0 Å². The van der Waals surface area contributed by atoms with E-state index in [1.165, 1.54) is 103 Å². The van der Waals surface area contributed by atoms with Crippen LogP contribution < -0.4 is 0 Å². The summed E-state index contributed by atoms with van der Waals surface area (Å²) in [5, 5.41) is 17.8. The Morgan fingerprint density at radius 2 is 1.10 bits per heavy atom. The second kappa shape index (κ2) is 27.8. The second-order valence-electron chi connectivity index (χ2n) is 12.0. The Morgan fingerprint density at radius 1 is 0.625 bits per heavy atom. The van der Waals surface area contributed by atoms with Crippen molar-refractivity contribution in [3.8, 4) is 0 Å². The van der Waals surface area contributed by atoms with Crippen molar-refractivity contribution in [1.29, 1.82) is 0 Å². The van der Waals surface area contributed by atoms with Gasteiger partial charge in [-0.05, 0) is 12.8 Å². The van der Waals surface area contributed by atoms with E-state index in [2.05, 4.69) is 21.0 Å². The van der Waals surface area contributed by atoms with Crippen LogP contribution in [0.15, 0.2) is 0 Å². The van der Waals surface area contributed by atoms with Crippen molar-refractivity contribution < 1.29 is 37.5 Å². The van der Waals surface area contributed by atoms with Crippen molar-refractivity contribution in [2.45, 2.75) is 129 Å². The minimum atomic E-state index is -3.09. The second-order valence-corrected chi connectivity index (χ2v) is 13.8. The molecule has 0 aliphatic carbocycles.